The van der Waals surface area contributed by atoms with Crippen LogP contribution in [0.1, 0.15) is 136 Å². The number of unbranched alkanes of at least 4 members (excludes halogenated alkanes) is 8. The van der Waals surface area contributed by atoms with Crippen molar-refractivity contribution >= 4 is 0 Å². The normalized spacial score (nSPS) is 13.7. The molecule has 1 heteroatoms. The fourth-order valence-corrected chi connectivity index (χ4v) is 4.56. The van der Waals surface area contributed by atoms with E-state index >= 15 is 0 Å². The summed E-state index contributed by atoms with van der Waals surface area (Å²) in [6.45, 7) is 12.6. The Morgan fingerprint density at radius 1 is 0.655 bits per heavy atom. The van der Waals surface area contributed by atoms with Gasteiger partial charge in [-0.05, 0) is 38.8 Å². The molecule has 0 heterocycles. The Morgan fingerprint density at radius 3 is 1.52 bits per heavy atom. The summed E-state index contributed by atoms with van der Waals surface area (Å²) in [5.74, 6) is 1.88. The minimum atomic E-state index is 0.887. The molecule has 0 aliphatic heterocycles. The Balaban J connectivity index is 4.09. The van der Waals surface area contributed by atoms with Gasteiger partial charge in [0.1, 0.15) is 0 Å². The molecule has 0 saturated carbocycles. The molecule has 0 aliphatic carbocycles. The fourth-order valence-electron chi connectivity index (χ4n) is 4.56. The Labute approximate surface area is 186 Å². The maximum atomic E-state index is 4.40. The molecule has 0 aromatic heterocycles. The van der Waals surface area contributed by atoms with Crippen molar-refractivity contribution in [3.8, 4) is 0 Å². The van der Waals surface area contributed by atoms with Gasteiger partial charge in [0.2, 0.25) is 0 Å². The zero-order valence-electron chi connectivity index (χ0n) is 21.2. The highest BCUT2D eigenvalue weighted by Gasteiger charge is 2.11. The van der Waals surface area contributed by atoms with E-state index in [-0.39, 0.29) is 0 Å². The first-order valence-corrected chi connectivity index (χ1v) is 13.3. The quantitative estimate of drug-likeness (QED) is 0.127. The van der Waals surface area contributed by atoms with E-state index in [4.69, 9.17) is 0 Å². The lowest BCUT2D eigenvalue weighted by atomic mass is 9.87. The van der Waals surface area contributed by atoms with Crippen LogP contribution in [0.2, 0.25) is 0 Å². The van der Waals surface area contributed by atoms with Crippen LogP contribution >= 0.6 is 0 Å². The van der Waals surface area contributed by atoms with Crippen LogP contribution in [0.5, 0.6) is 0 Å². The standard InChI is InChI=1S/C28H57N/c1-7-10-12-15-19-27(9-3)20-17-14-18-22-28(21-16-13-11-8-2)25-26(4)23-24-29(5)6/h27-28H,4,7-25H2,1-3,5-6H3. The van der Waals surface area contributed by atoms with Crippen molar-refractivity contribution in [2.75, 3.05) is 20.6 Å². The van der Waals surface area contributed by atoms with Gasteiger partial charge < -0.3 is 4.90 Å². The Kier molecular flexibility index (Phi) is 20.7. The van der Waals surface area contributed by atoms with Crippen LogP contribution in [0.3, 0.4) is 0 Å². The molecule has 0 aliphatic rings. The zero-order valence-corrected chi connectivity index (χ0v) is 21.2. The summed E-state index contributed by atoms with van der Waals surface area (Å²) < 4.78 is 0. The zero-order chi connectivity index (χ0) is 21.7. The summed E-state index contributed by atoms with van der Waals surface area (Å²) in [6, 6.07) is 0. The van der Waals surface area contributed by atoms with Crippen LogP contribution < -0.4 is 0 Å². The highest BCUT2D eigenvalue weighted by Crippen LogP contribution is 2.27. The maximum absolute atomic E-state index is 4.40. The fraction of sp³-hybridized carbons (Fsp3) is 0.929. The number of hydrogen-bond acceptors (Lipinski definition) is 1. The third kappa shape index (κ3) is 19.4. The van der Waals surface area contributed by atoms with Gasteiger partial charge in [-0.2, -0.15) is 0 Å². The highest BCUT2D eigenvalue weighted by molar-refractivity contribution is 4.96. The first-order valence-electron chi connectivity index (χ1n) is 13.3. The van der Waals surface area contributed by atoms with Crippen molar-refractivity contribution in [3.05, 3.63) is 12.2 Å². The Morgan fingerprint density at radius 2 is 1.10 bits per heavy atom. The molecule has 0 spiro atoms. The molecule has 2 atom stereocenters. The molecule has 0 aromatic carbocycles. The molecular weight excluding hydrogens is 350 g/mol. The molecule has 29 heavy (non-hydrogen) atoms. The third-order valence-electron chi connectivity index (χ3n) is 6.72. The first kappa shape index (κ1) is 28.7. The van der Waals surface area contributed by atoms with Gasteiger partial charge in [-0.3, -0.25) is 0 Å². The van der Waals surface area contributed by atoms with Gasteiger partial charge in [0.05, 0.1) is 0 Å². The molecule has 0 radical (unpaired) electrons. The average molecular weight is 408 g/mol. The summed E-state index contributed by atoms with van der Waals surface area (Å²) in [5, 5.41) is 0. The Hall–Kier alpha value is -0.300. The second kappa shape index (κ2) is 21.0. The Bertz CT molecular complexity index is 346. The van der Waals surface area contributed by atoms with Gasteiger partial charge in [-0.25, -0.2) is 0 Å². The minimum absolute atomic E-state index is 0.887. The molecule has 0 saturated heterocycles. The topological polar surface area (TPSA) is 3.24 Å². The molecule has 0 bridgehead atoms. The van der Waals surface area contributed by atoms with E-state index in [0.717, 1.165) is 18.4 Å². The summed E-state index contributed by atoms with van der Waals surface area (Å²) in [5.41, 5.74) is 1.48. The lowest BCUT2D eigenvalue weighted by molar-refractivity contribution is 0.367. The lowest BCUT2D eigenvalue weighted by Gasteiger charge is -2.20. The molecule has 0 rings (SSSR count). The number of rotatable bonds is 22. The van der Waals surface area contributed by atoms with E-state index in [2.05, 4.69) is 46.3 Å². The van der Waals surface area contributed by atoms with Gasteiger partial charge in [0.25, 0.3) is 0 Å². The largest absolute Gasteiger partial charge is 0.309 e. The van der Waals surface area contributed by atoms with Crippen molar-refractivity contribution in [2.45, 2.75) is 136 Å². The van der Waals surface area contributed by atoms with Crippen LogP contribution in [-0.2, 0) is 0 Å². The van der Waals surface area contributed by atoms with E-state index in [9.17, 15) is 0 Å². The van der Waals surface area contributed by atoms with Crippen LogP contribution in [0.4, 0.5) is 0 Å². The van der Waals surface area contributed by atoms with Crippen LogP contribution in [0.15, 0.2) is 12.2 Å². The van der Waals surface area contributed by atoms with Crippen LogP contribution in [0.25, 0.3) is 0 Å². The van der Waals surface area contributed by atoms with Crippen molar-refractivity contribution in [1.82, 2.24) is 4.90 Å². The molecular formula is C28H57N. The SMILES string of the molecule is C=C(CCN(C)C)CC(CCCCCC)CCCCCC(CC)CCCCCC. The summed E-state index contributed by atoms with van der Waals surface area (Å²) in [6.07, 6.45) is 25.3. The lowest BCUT2D eigenvalue weighted by Crippen LogP contribution is -2.14. The smallest absolute Gasteiger partial charge is 0.00124 e. The average Bonchev–Trinajstić information content (AvgIpc) is 2.70. The number of nitrogens with zero attached hydrogens (tertiary/aromatic N) is 1. The summed E-state index contributed by atoms with van der Waals surface area (Å²) in [7, 11) is 4.34. The first-order chi connectivity index (χ1) is 14.0. The van der Waals surface area contributed by atoms with E-state index in [1.165, 1.54) is 121 Å². The molecule has 0 N–H and O–H groups in total. The molecule has 1 nitrogen and oxygen atoms in total. The van der Waals surface area contributed by atoms with Crippen LogP contribution in [-0.4, -0.2) is 25.5 Å². The minimum Gasteiger partial charge on any atom is -0.309 e. The van der Waals surface area contributed by atoms with Crippen molar-refractivity contribution in [3.63, 3.8) is 0 Å². The van der Waals surface area contributed by atoms with Crippen molar-refractivity contribution in [2.24, 2.45) is 11.8 Å². The van der Waals surface area contributed by atoms with Gasteiger partial charge >= 0.3 is 0 Å². The maximum Gasteiger partial charge on any atom is 0.00124 e. The van der Waals surface area contributed by atoms with Crippen molar-refractivity contribution < 1.29 is 0 Å². The van der Waals surface area contributed by atoms with Gasteiger partial charge in [0.15, 0.2) is 0 Å². The van der Waals surface area contributed by atoms with Crippen molar-refractivity contribution in [1.29, 1.82) is 0 Å². The van der Waals surface area contributed by atoms with Gasteiger partial charge in [-0.1, -0.05) is 136 Å². The van der Waals surface area contributed by atoms with E-state index in [1.807, 2.05) is 0 Å². The summed E-state index contributed by atoms with van der Waals surface area (Å²) >= 11 is 0. The predicted octanol–water partition coefficient (Wildman–Crippen LogP) is 9.42. The van der Waals surface area contributed by atoms with Crippen LogP contribution in [0, 0.1) is 11.8 Å². The number of hydrogen-bond donors (Lipinski definition) is 0. The molecule has 2 unspecified atom stereocenters. The van der Waals surface area contributed by atoms with E-state index in [1.54, 1.807) is 0 Å². The summed E-state index contributed by atoms with van der Waals surface area (Å²) in [4.78, 5) is 2.29. The highest BCUT2D eigenvalue weighted by atomic mass is 15.0. The van der Waals surface area contributed by atoms with E-state index in [0.29, 0.717) is 0 Å². The predicted molar refractivity (Wildman–Crippen MR) is 135 cm³/mol. The molecule has 0 aromatic rings. The van der Waals surface area contributed by atoms with E-state index < -0.39 is 0 Å². The second-order valence-electron chi connectivity index (χ2n) is 9.98. The third-order valence-corrected chi connectivity index (χ3v) is 6.72. The van der Waals surface area contributed by atoms with Gasteiger partial charge in [0, 0.05) is 6.54 Å². The van der Waals surface area contributed by atoms with Gasteiger partial charge in [-0.15, -0.1) is 0 Å². The monoisotopic (exact) mass is 407 g/mol. The molecule has 0 fully saturated rings. The molecule has 174 valence electrons. The molecule has 0 amide bonds. The second-order valence-corrected chi connectivity index (χ2v) is 9.98.